The summed E-state index contributed by atoms with van der Waals surface area (Å²) >= 11 is 0. The van der Waals surface area contributed by atoms with E-state index in [1.54, 1.807) is 0 Å². The zero-order valence-electron chi connectivity index (χ0n) is 17.9. The van der Waals surface area contributed by atoms with Gasteiger partial charge in [-0.1, -0.05) is 120 Å². The summed E-state index contributed by atoms with van der Waals surface area (Å²) in [4.78, 5) is 0. The molecule has 4 rings (SSSR count). The Kier molecular flexibility index (Phi) is 6.85. The average Bonchev–Trinajstić information content (AvgIpc) is 2.73. The second-order valence-electron chi connectivity index (χ2n) is 8.01. The summed E-state index contributed by atoms with van der Waals surface area (Å²) in [6.07, 6.45) is -1.26. The third kappa shape index (κ3) is 4.14. The van der Waals surface area contributed by atoms with Gasteiger partial charge in [-0.3, -0.25) is 0 Å². The van der Waals surface area contributed by atoms with Crippen molar-refractivity contribution in [2.45, 2.75) is 20.8 Å². The van der Waals surface area contributed by atoms with Gasteiger partial charge in [0.1, 0.15) is 6.15 Å². The Morgan fingerprint density at radius 1 is 0.379 bits per heavy atom. The van der Waals surface area contributed by atoms with E-state index in [0.29, 0.717) is 0 Å². The van der Waals surface area contributed by atoms with Gasteiger partial charge in [0.15, 0.2) is 0 Å². The van der Waals surface area contributed by atoms with Crippen LogP contribution in [0, 0.1) is 20.8 Å². The minimum atomic E-state index is -1.26. The van der Waals surface area contributed by atoms with Gasteiger partial charge < -0.3 is 0 Å². The SMILES string of the molecule is Cc1ccc([B-](c2ccccc2)(c2ccc(C)cc2)c2ccc(C)cc2)cc1.[Na+]. The summed E-state index contributed by atoms with van der Waals surface area (Å²) in [6, 6.07) is 38.2. The predicted molar refractivity (Wildman–Crippen MR) is 124 cm³/mol. The van der Waals surface area contributed by atoms with Gasteiger partial charge in [-0.15, -0.1) is 0 Å². The van der Waals surface area contributed by atoms with Crippen molar-refractivity contribution >= 4 is 28.0 Å². The van der Waals surface area contributed by atoms with Crippen LogP contribution in [0.4, 0.5) is 0 Å². The van der Waals surface area contributed by atoms with Crippen LogP contribution in [0.15, 0.2) is 103 Å². The van der Waals surface area contributed by atoms with E-state index in [2.05, 4.69) is 124 Å². The van der Waals surface area contributed by atoms with E-state index >= 15 is 0 Å². The van der Waals surface area contributed by atoms with E-state index in [1.165, 1.54) is 38.5 Å². The molecule has 138 valence electrons. The first-order valence-corrected chi connectivity index (χ1v) is 10.0. The predicted octanol–water partition coefficient (Wildman–Crippen LogP) is 0.993. The third-order valence-electron chi connectivity index (χ3n) is 6.03. The molecule has 0 fully saturated rings. The molecule has 0 N–H and O–H groups in total. The van der Waals surface area contributed by atoms with Crippen molar-refractivity contribution in [3.63, 3.8) is 0 Å². The van der Waals surface area contributed by atoms with Crippen molar-refractivity contribution in [3.8, 4) is 0 Å². The summed E-state index contributed by atoms with van der Waals surface area (Å²) in [5.74, 6) is 0. The number of hydrogen-bond acceptors (Lipinski definition) is 0. The van der Waals surface area contributed by atoms with Gasteiger partial charge in [0, 0.05) is 0 Å². The molecule has 0 aliphatic rings. The van der Waals surface area contributed by atoms with Gasteiger partial charge in [-0.05, 0) is 20.8 Å². The molecule has 2 heteroatoms. The van der Waals surface area contributed by atoms with Crippen LogP contribution < -0.4 is 51.4 Å². The van der Waals surface area contributed by atoms with Gasteiger partial charge in [-0.2, -0.15) is 21.9 Å². The first kappa shape index (κ1) is 21.6. The Balaban J connectivity index is 0.00000240. The fraction of sp³-hybridized carbons (Fsp3) is 0.111. The van der Waals surface area contributed by atoms with Crippen LogP contribution in [0.3, 0.4) is 0 Å². The Labute approximate surface area is 197 Å². The molecule has 0 amide bonds. The minimum Gasteiger partial charge on any atom is -0.195 e. The summed E-state index contributed by atoms with van der Waals surface area (Å²) < 4.78 is 0. The molecule has 0 saturated heterocycles. The van der Waals surface area contributed by atoms with Gasteiger partial charge in [0.25, 0.3) is 0 Å². The third-order valence-corrected chi connectivity index (χ3v) is 6.03. The molecule has 0 nitrogen and oxygen atoms in total. The van der Waals surface area contributed by atoms with Crippen LogP contribution in [-0.2, 0) is 0 Å². The maximum Gasteiger partial charge on any atom is 1.00 e. The van der Waals surface area contributed by atoms with Gasteiger partial charge in [-0.25, -0.2) is 0 Å². The first-order valence-electron chi connectivity index (χ1n) is 10.0. The number of rotatable bonds is 4. The topological polar surface area (TPSA) is 0 Å². The molecule has 0 spiro atoms. The fourth-order valence-electron chi connectivity index (χ4n) is 4.46. The van der Waals surface area contributed by atoms with Crippen LogP contribution in [0.25, 0.3) is 0 Å². The first-order chi connectivity index (χ1) is 13.6. The van der Waals surface area contributed by atoms with Crippen LogP contribution in [-0.4, -0.2) is 6.15 Å². The number of hydrogen-bond donors (Lipinski definition) is 0. The fourth-order valence-corrected chi connectivity index (χ4v) is 4.46. The molecule has 0 aliphatic heterocycles. The van der Waals surface area contributed by atoms with Crippen LogP contribution in [0.5, 0.6) is 0 Å². The van der Waals surface area contributed by atoms with Crippen molar-refractivity contribution in [2.75, 3.05) is 0 Å². The number of benzene rings is 4. The molecule has 4 aromatic carbocycles. The maximum absolute atomic E-state index is 2.31. The zero-order valence-corrected chi connectivity index (χ0v) is 19.9. The molecular weight excluding hydrogens is 358 g/mol. The molecule has 0 radical (unpaired) electrons. The van der Waals surface area contributed by atoms with Crippen molar-refractivity contribution in [1.82, 2.24) is 0 Å². The molecule has 0 atom stereocenters. The summed E-state index contributed by atoms with van der Waals surface area (Å²) in [6.45, 7) is 6.45. The molecule has 29 heavy (non-hydrogen) atoms. The Morgan fingerprint density at radius 3 is 0.966 bits per heavy atom. The van der Waals surface area contributed by atoms with Gasteiger partial charge in [0.2, 0.25) is 0 Å². The van der Waals surface area contributed by atoms with E-state index in [0.717, 1.165) is 0 Å². The second kappa shape index (κ2) is 9.18. The van der Waals surface area contributed by atoms with Crippen LogP contribution in [0.1, 0.15) is 16.7 Å². The molecular formula is C27H26BNa. The van der Waals surface area contributed by atoms with E-state index in [4.69, 9.17) is 0 Å². The van der Waals surface area contributed by atoms with Gasteiger partial charge in [0.05, 0.1) is 0 Å². The Bertz CT molecular complexity index is 939. The quantitative estimate of drug-likeness (QED) is 0.461. The van der Waals surface area contributed by atoms with E-state index in [9.17, 15) is 0 Å². The minimum absolute atomic E-state index is 0. The largest absolute Gasteiger partial charge is 1.00 e. The standard InChI is InChI=1S/C27H26B.Na/c1-21-9-15-25(16-10-21)28(24-7-5-4-6-8-24,26-17-11-22(2)12-18-26)27-19-13-23(3)14-20-27;/h4-20H,1-3H3;/q-1;+1. The second-order valence-corrected chi connectivity index (χ2v) is 8.01. The molecule has 0 heterocycles. The van der Waals surface area contributed by atoms with Crippen molar-refractivity contribution in [1.29, 1.82) is 0 Å². The van der Waals surface area contributed by atoms with E-state index in [-0.39, 0.29) is 29.6 Å². The Hall–Kier alpha value is -2.06. The zero-order chi connectivity index (χ0) is 19.6. The van der Waals surface area contributed by atoms with Crippen molar-refractivity contribution < 1.29 is 29.6 Å². The van der Waals surface area contributed by atoms with Crippen molar-refractivity contribution in [3.05, 3.63) is 120 Å². The Morgan fingerprint density at radius 2 is 0.655 bits per heavy atom. The molecule has 0 bridgehead atoms. The van der Waals surface area contributed by atoms with Crippen LogP contribution >= 0.6 is 0 Å². The van der Waals surface area contributed by atoms with Gasteiger partial charge >= 0.3 is 29.6 Å². The molecule has 0 aromatic heterocycles. The number of aryl methyl sites for hydroxylation is 3. The van der Waals surface area contributed by atoms with E-state index in [1.807, 2.05) is 0 Å². The summed E-state index contributed by atoms with van der Waals surface area (Å²) in [7, 11) is 0. The molecule has 0 aliphatic carbocycles. The molecule has 0 saturated carbocycles. The van der Waals surface area contributed by atoms with Crippen molar-refractivity contribution in [2.24, 2.45) is 0 Å². The van der Waals surface area contributed by atoms with Crippen LogP contribution in [0.2, 0.25) is 0 Å². The normalized spacial score (nSPS) is 11.0. The average molecular weight is 384 g/mol. The molecule has 4 aromatic rings. The summed E-state index contributed by atoms with van der Waals surface area (Å²) in [5.41, 5.74) is 9.26. The van der Waals surface area contributed by atoms with E-state index < -0.39 is 6.15 Å². The summed E-state index contributed by atoms with van der Waals surface area (Å²) in [5, 5.41) is 0. The monoisotopic (exact) mass is 384 g/mol. The smallest absolute Gasteiger partial charge is 0.195 e. The molecule has 0 unspecified atom stereocenters. The maximum atomic E-state index is 2.31.